The first-order valence-corrected chi connectivity index (χ1v) is 11.2. The van der Waals surface area contributed by atoms with E-state index in [-0.39, 0.29) is 0 Å². The summed E-state index contributed by atoms with van der Waals surface area (Å²) in [5, 5.41) is 0.935. The van der Waals surface area contributed by atoms with Crippen molar-refractivity contribution in [3.8, 4) is 0 Å². The monoisotopic (exact) mass is 352 g/mol. The fraction of sp³-hybridized carbons (Fsp3) is 0.400. The van der Waals surface area contributed by atoms with Crippen molar-refractivity contribution in [3.63, 3.8) is 0 Å². The average molecular weight is 350 g/mol. The van der Waals surface area contributed by atoms with Crippen LogP contribution in [0.1, 0.15) is 0 Å². The van der Waals surface area contributed by atoms with Gasteiger partial charge in [-0.3, -0.25) is 0 Å². The van der Waals surface area contributed by atoms with E-state index in [2.05, 4.69) is 58.9 Å². The zero-order valence-electron chi connectivity index (χ0n) is 9.48. The standard InChI is InChI=1S/C10H16N4Se2/c1-11-5-6-12(2)9(11)15-16-10-13(3)7-8-14(10)4/h5-10H,1,3H2,2,4H3/q+2. The summed E-state index contributed by atoms with van der Waals surface area (Å²) in [6.07, 6.45) is 8.27. The third-order valence-corrected chi connectivity index (χ3v) is 10.9. The first-order chi connectivity index (χ1) is 7.59. The molecule has 2 aliphatic heterocycles. The van der Waals surface area contributed by atoms with E-state index in [1.165, 1.54) is 0 Å². The van der Waals surface area contributed by atoms with Gasteiger partial charge >= 0.3 is 108 Å². The third-order valence-electron chi connectivity index (χ3n) is 2.48. The molecule has 2 rings (SSSR count). The molecule has 2 unspecified atom stereocenters. The van der Waals surface area contributed by atoms with Crippen molar-refractivity contribution in [1.82, 2.24) is 9.80 Å². The Balaban J connectivity index is 1.88. The molecule has 0 N–H and O–H groups in total. The molecule has 0 fully saturated rings. The van der Waals surface area contributed by atoms with Gasteiger partial charge in [0.1, 0.15) is 0 Å². The zero-order valence-corrected chi connectivity index (χ0v) is 12.9. The Morgan fingerprint density at radius 2 is 1.31 bits per heavy atom. The van der Waals surface area contributed by atoms with Gasteiger partial charge in [0.25, 0.3) is 0 Å². The zero-order chi connectivity index (χ0) is 11.7. The predicted octanol–water partition coefficient (Wildman–Crippen LogP) is -0.864. The molecule has 0 aromatic heterocycles. The third kappa shape index (κ3) is 2.25. The van der Waals surface area contributed by atoms with E-state index in [1.807, 2.05) is 12.4 Å². The van der Waals surface area contributed by atoms with Gasteiger partial charge in [-0.2, -0.15) is 0 Å². The van der Waals surface area contributed by atoms with Crippen LogP contribution in [0.15, 0.2) is 24.8 Å². The minimum absolute atomic E-state index is 0.467. The van der Waals surface area contributed by atoms with Crippen LogP contribution in [0.2, 0.25) is 0 Å². The van der Waals surface area contributed by atoms with Crippen LogP contribution in [0.3, 0.4) is 0 Å². The van der Waals surface area contributed by atoms with Crippen LogP contribution in [0.25, 0.3) is 0 Å². The Labute approximate surface area is 107 Å². The van der Waals surface area contributed by atoms with Crippen LogP contribution in [0.4, 0.5) is 0 Å². The Kier molecular flexibility index (Phi) is 3.55. The predicted molar refractivity (Wildman–Crippen MR) is 67.7 cm³/mol. The minimum atomic E-state index is 0.467. The molecule has 2 aliphatic rings. The van der Waals surface area contributed by atoms with Gasteiger partial charge in [-0.25, -0.2) is 0 Å². The van der Waals surface area contributed by atoms with E-state index >= 15 is 0 Å². The van der Waals surface area contributed by atoms with Crippen LogP contribution in [0.5, 0.6) is 0 Å². The first kappa shape index (κ1) is 11.9. The Hall–Kier alpha value is -0.541. The molecule has 0 saturated carbocycles. The molecule has 0 aromatic rings. The van der Waals surface area contributed by atoms with Crippen molar-refractivity contribution in [1.29, 1.82) is 0 Å². The van der Waals surface area contributed by atoms with Crippen molar-refractivity contribution in [2.75, 3.05) is 14.1 Å². The van der Waals surface area contributed by atoms with E-state index in [9.17, 15) is 0 Å². The van der Waals surface area contributed by atoms with E-state index in [1.54, 1.807) is 0 Å². The van der Waals surface area contributed by atoms with E-state index in [0.29, 0.717) is 36.4 Å². The van der Waals surface area contributed by atoms with Crippen molar-refractivity contribution >= 4 is 39.7 Å². The van der Waals surface area contributed by atoms with Gasteiger partial charge in [-0.1, -0.05) is 0 Å². The van der Waals surface area contributed by atoms with Crippen molar-refractivity contribution in [2.24, 2.45) is 0 Å². The number of hydrogen-bond donors (Lipinski definition) is 0. The Bertz CT molecular complexity index is 341. The maximum absolute atomic E-state index is 4.02. The molecule has 0 amide bonds. The van der Waals surface area contributed by atoms with Gasteiger partial charge in [0.15, 0.2) is 0 Å². The van der Waals surface area contributed by atoms with Crippen molar-refractivity contribution in [3.05, 3.63) is 24.8 Å². The summed E-state index contributed by atoms with van der Waals surface area (Å²) in [4.78, 5) is 4.48. The summed E-state index contributed by atoms with van der Waals surface area (Å²) in [5.74, 6) is 0. The topological polar surface area (TPSA) is 12.5 Å². The van der Waals surface area contributed by atoms with Gasteiger partial charge in [0.05, 0.1) is 0 Å². The molecule has 2 atom stereocenters. The van der Waals surface area contributed by atoms with E-state index < -0.39 is 0 Å². The Morgan fingerprint density at radius 3 is 1.56 bits per heavy atom. The summed E-state index contributed by atoms with van der Waals surface area (Å²) < 4.78 is 4.11. The van der Waals surface area contributed by atoms with Crippen molar-refractivity contribution < 1.29 is 9.15 Å². The molecule has 0 radical (unpaired) electrons. The number of nitrogens with zero attached hydrogens (tertiary/aromatic N) is 4. The molecule has 2 heterocycles. The summed E-state index contributed by atoms with van der Waals surface area (Å²) in [6.45, 7) is 8.05. The second kappa shape index (κ2) is 4.76. The normalized spacial score (nSPS) is 28.6. The molecule has 0 bridgehead atoms. The molecule has 0 saturated heterocycles. The van der Waals surface area contributed by atoms with Gasteiger partial charge in [-0.05, 0) is 0 Å². The molecular formula is C10H16N4Se2+2. The van der Waals surface area contributed by atoms with Gasteiger partial charge in [0, 0.05) is 0 Å². The average Bonchev–Trinajstić information content (AvgIpc) is 2.72. The Morgan fingerprint density at radius 1 is 0.938 bits per heavy atom. The maximum atomic E-state index is 4.02. The first-order valence-electron chi connectivity index (χ1n) is 4.90. The molecule has 0 spiro atoms. The summed E-state index contributed by atoms with van der Waals surface area (Å²) in [6, 6.07) is 0. The molecule has 6 heteroatoms. The van der Waals surface area contributed by atoms with E-state index in [0.717, 1.165) is 0 Å². The molecule has 4 nitrogen and oxygen atoms in total. The fourth-order valence-electron chi connectivity index (χ4n) is 1.49. The number of hydrogen-bond acceptors (Lipinski definition) is 2. The fourth-order valence-corrected chi connectivity index (χ4v) is 11.1. The molecule has 86 valence electrons. The molecular weight excluding hydrogens is 334 g/mol. The summed E-state index contributed by atoms with van der Waals surface area (Å²) in [5.41, 5.74) is 0. The second-order valence-corrected chi connectivity index (χ2v) is 10.6. The van der Waals surface area contributed by atoms with Crippen LogP contribution < -0.4 is 0 Å². The van der Waals surface area contributed by atoms with Gasteiger partial charge in [-0.15, -0.1) is 0 Å². The van der Waals surface area contributed by atoms with Gasteiger partial charge < -0.3 is 0 Å². The second-order valence-electron chi connectivity index (χ2n) is 3.80. The SMILES string of the molecule is C=[N+]1C=CN(C)C1[Se][Se]C1N(C)C=C[N+]1=C. The van der Waals surface area contributed by atoms with E-state index in [4.69, 9.17) is 0 Å². The molecule has 0 aliphatic carbocycles. The van der Waals surface area contributed by atoms with Gasteiger partial charge in [0.2, 0.25) is 0 Å². The quantitative estimate of drug-likeness (QED) is 0.485. The molecule has 0 aromatic carbocycles. The van der Waals surface area contributed by atoms with Crippen LogP contribution in [-0.4, -0.2) is 82.9 Å². The summed E-state index contributed by atoms with van der Waals surface area (Å²) >= 11 is 1.10. The van der Waals surface area contributed by atoms with Crippen LogP contribution in [-0.2, 0) is 0 Å². The van der Waals surface area contributed by atoms with Crippen LogP contribution in [0, 0.1) is 0 Å². The number of rotatable bonds is 3. The summed E-state index contributed by atoms with van der Waals surface area (Å²) in [7, 11) is 4.23. The molecule has 16 heavy (non-hydrogen) atoms. The van der Waals surface area contributed by atoms with Crippen LogP contribution >= 0.6 is 0 Å². The van der Waals surface area contributed by atoms with Crippen molar-refractivity contribution in [2.45, 2.75) is 10.1 Å².